The summed E-state index contributed by atoms with van der Waals surface area (Å²) in [6.07, 6.45) is 3.51. The number of hydrazone groups is 1. The summed E-state index contributed by atoms with van der Waals surface area (Å²) in [4.78, 5) is 4.06. The van der Waals surface area contributed by atoms with Crippen LogP contribution in [0.4, 0.5) is 5.82 Å². The van der Waals surface area contributed by atoms with Gasteiger partial charge in [-0.3, -0.25) is 10.4 Å². The van der Waals surface area contributed by atoms with Gasteiger partial charge in [-0.25, -0.2) is 0 Å². The molecule has 0 amide bonds. The van der Waals surface area contributed by atoms with Crippen LogP contribution in [0.25, 0.3) is 0 Å². The van der Waals surface area contributed by atoms with Crippen molar-refractivity contribution in [3.63, 3.8) is 0 Å². The molecule has 0 fully saturated rings. The second-order valence-corrected chi connectivity index (χ2v) is 5.60. The molecule has 0 radical (unpaired) electrons. The van der Waals surface area contributed by atoms with Crippen molar-refractivity contribution in [3.8, 4) is 0 Å². The van der Waals surface area contributed by atoms with Crippen LogP contribution in [0.1, 0.15) is 39.0 Å². The summed E-state index contributed by atoms with van der Waals surface area (Å²) in [6, 6.07) is 7.69. The molecule has 0 saturated heterocycles. The van der Waals surface area contributed by atoms with Crippen molar-refractivity contribution in [1.29, 1.82) is 0 Å². The van der Waals surface area contributed by atoms with Crippen LogP contribution in [-0.4, -0.2) is 20.9 Å². The molecule has 0 aliphatic carbocycles. The second kappa shape index (κ2) is 5.77. The molecule has 0 aromatic carbocycles. The summed E-state index contributed by atoms with van der Waals surface area (Å²) in [6.45, 7) is 8.24. The highest BCUT2D eigenvalue weighted by atomic mass is 15.3. The quantitative estimate of drug-likeness (QED) is 0.687. The third-order valence-electron chi connectivity index (χ3n) is 2.85. The lowest BCUT2D eigenvalue weighted by Gasteiger charge is -2.16. The number of anilines is 1. The van der Waals surface area contributed by atoms with Gasteiger partial charge in [-0.2, -0.15) is 10.2 Å². The minimum atomic E-state index is 0.000419. The van der Waals surface area contributed by atoms with E-state index in [-0.39, 0.29) is 5.41 Å². The molecule has 5 heteroatoms. The molecule has 2 heterocycles. The van der Waals surface area contributed by atoms with E-state index in [1.807, 2.05) is 31.2 Å². The van der Waals surface area contributed by atoms with Gasteiger partial charge in [0.2, 0.25) is 0 Å². The highest BCUT2D eigenvalue weighted by Gasteiger charge is 2.15. The predicted molar refractivity (Wildman–Crippen MR) is 80.8 cm³/mol. The fourth-order valence-electron chi connectivity index (χ4n) is 1.57. The SMILES string of the molecule is CC(=NNc1ccc(C(C)(C)C)nn1)c1cccnc1. The van der Waals surface area contributed by atoms with Gasteiger partial charge < -0.3 is 0 Å². The van der Waals surface area contributed by atoms with Crippen molar-refractivity contribution >= 4 is 11.5 Å². The molecule has 104 valence electrons. The summed E-state index contributed by atoms with van der Waals surface area (Å²) in [7, 11) is 0. The Labute approximate surface area is 119 Å². The highest BCUT2D eigenvalue weighted by molar-refractivity contribution is 5.98. The molecular weight excluding hydrogens is 250 g/mol. The molecule has 2 aromatic rings. The Kier molecular flexibility index (Phi) is 4.08. The average Bonchev–Trinajstić information content (AvgIpc) is 2.45. The summed E-state index contributed by atoms with van der Waals surface area (Å²) in [5.74, 6) is 0.626. The number of aromatic nitrogens is 3. The monoisotopic (exact) mass is 269 g/mol. The predicted octanol–water partition coefficient (Wildman–Crippen LogP) is 3.01. The van der Waals surface area contributed by atoms with Crippen molar-refractivity contribution in [2.75, 3.05) is 5.43 Å². The van der Waals surface area contributed by atoms with Crippen LogP contribution in [0.5, 0.6) is 0 Å². The zero-order chi connectivity index (χ0) is 14.6. The van der Waals surface area contributed by atoms with E-state index < -0.39 is 0 Å². The summed E-state index contributed by atoms with van der Waals surface area (Å²) in [5, 5.41) is 12.6. The molecule has 0 bridgehead atoms. The highest BCUT2D eigenvalue weighted by Crippen LogP contribution is 2.19. The maximum Gasteiger partial charge on any atom is 0.168 e. The van der Waals surface area contributed by atoms with Crippen molar-refractivity contribution in [2.24, 2.45) is 5.10 Å². The maximum atomic E-state index is 4.28. The molecule has 20 heavy (non-hydrogen) atoms. The smallest absolute Gasteiger partial charge is 0.168 e. The third-order valence-corrected chi connectivity index (χ3v) is 2.85. The normalized spacial score (nSPS) is 12.3. The number of hydrogen-bond donors (Lipinski definition) is 1. The van der Waals surface area contributed by atoms with Crippen molar-refractivity contribution in [1.82, 2.24) is 15.2 Å². The number of nitrogens with zero attached hydrogens (tertiary/aromatic N) is 4. The lowest BCUT2D eigenvalue weighted by atomic mass is 9.92. The van der Waals surface area contributed by atoms with E-state index in [1.54, 1.807) is 12.4 Å². The van der Waals surface area contributed by atoms with E-state index in [0.29, 0.717) is 5.82 Å². The molecule has 0 aliphatic heterocycles. The largest absolute Gasteiger partial charge is 0.264 e. The maximum absolute atomic E-state index is 4.28. The van der Waals surface area contributed by atoms with Crippen LogP contribution in [0.2, 0.25) is 0 Å². The molecule has 0 atom stereocenters. The second-order valence-electron chi connectivity index (χ2n) is 5.60. The van der Waals surface area contributed by atoms with Crippen LogP contribution >= 0.6 is 0 Å². The van der Waals surface area contributed by atoms with E-state index in [4.69, 9.17) is 0 Å². The topological polar surface area (TPSA) is 63.1 Å². The van der Waals surface area contributed by atoms with E-state index in [2.05, 4.69) is 46.5 Å². The van der Waals surface area contributed by atoms with E-state index in [9.17, 15) is 0 Å². The van der Waals surface area contributed by atoms with Gasteiger partial charge in [0.05, 0.1) is 11.4 Å². The van der Waals surface area contributed by atoms with Crippen LogP contribution in [0.3, 0.4) is 0 Å². The molecule has 0 saturated carbocycles. The van der Waals surface area contributed by atoms with Crippen molar-refractivity contribution in [2.45, 2.75) is 33.1 Å². The minimum Gasteiger partial charge on any atom is -0.264 e. The summed E-state index contributed by atoms with van der Waals surface area (Å²) in [5.41, 5.74) is 5.68. The van der Waals surface area contributed by atoms with Gasteiger partial charge in [-0.1, -0.05) is 26.8 Å². The van der Waals surface area contributed by atoms with Gasteiger partial charge in [0.15, 0.2) is 5.82 Å². The Morgan fingerprint density at radius 1 is 1.15 bits per heavy atom. The molecule has 2 aromatic heterocycles. The molecular formula is C15H19N5. The third kappa shape index (κ3) is 3.60. The van der Waals surface area contributed by atoms with E-state index in [1.165, 1.54) is 0 Å². The fraction of sp³-hybridized carbons (Fsp3) is 0.333. The Morgan fingerprint density at radius 3 is 2.50 bits per heavy atom. The number of nitrogens with one attached hydrogen (secondary N) is 1. The van der Waals surface area contributed by atoms with Crippen LogP contribution < -0.4 is 5.43 Å². The Balaban J connectivity index is 2.08. The lowest BCUT2D eigenvalue weighted by Crippen LogP contribution is -2.14. The van der Waals surface area contributed by atoms with Gasteiger partial charge in [0, 0.05) is 23.4 Å². The van der Waals surface area contributed by atoms with Crippen LogP contribution in [-0.2, 0) is 5.41 Å². The Morgan fingerprint density at radius 2 is 1.95 bits per heavy atom. The van der Waals surface area contributed by atoms with Crippen LogP contribution in [0.15, 0.2) is 41.8 Å². The number of hydrogen-bond acceptors (Lipinski definition) is 5. The molecule has 5 nitrogen and oxygen atoms in total. The van der Waals surface area contributed by atoms with Gasteiger partial charge >= 0.3 is 0 Å². The standard InChI is InChI=1S/C15H19N5/c1-11(12-6-5-9-16-10-12)17-19-14-8-7-13(18-20-14)15(2,3)4/h5-10H,1-4H3,(H,19,20). The summed E-state index contributed by atoms with van der Waals surface area (Å²) < 4.78 is 0. The lowest BCUT2D eigenvalue weighted by molar-refractivity contribution is 0.559. The van der Waals surface area contributed by atoms with Crippen molar-refractivity contribution < 1.29 is 0 Å². The van der Waals surface area contributed by atoms with E-state index in [0.717, 1.165) is 17.0 Å². The van der Waals surface area contributed by atoms with Gasteiger partial charge in [-0.05, 0) is 25.1 Å². The Bertz CT molecular complexity index is 582. The van der Waals surface area contributed by atoms with Gasteiger partial charge in [0.25, 0.3) is 0 Å². The molecule has 1 N–H and O–H groups in total. The first-order valence-corrected chi connectivity index (χ1v) is 6.52. The van der Waals surface area contributed by atoms with Gasteiger partial charge in [0.1, 0.15) is 0 Å². The van der Waals surface area contributed by atoms with Crippen molar-refractivity contribution in [3.05, 3.63) is 47.9 Å². The fourth-order valence-corrected chi connectivity index (χ4v) is 1.57. The van der Waals surface area contributed by atoms with E-state index >= 15 is 0 Å². The number of rotatable bonds is 3. The first kappa shape index (κ1) is 14.1. The first-order chi connectivity index (χ1) is 9.47. The minimum absolute atomic E-state index is 0.000419. The first-order valence-electron chi connectivity index (χ1n) is 6.52. The zero-order valence-corrected chi connectivity index (χ0v) is 12.3. The average molecular weight is 269 g/mol. The molecule has 0 unspecified atom stereocenters. The number of pyridine rings is 1. The molecule has 2 rings (SSSR count). The Hall–Kier alpha value is -2.30. The van der Waals surface area contributed by atoms with Gasteiger partial charge in [-0.15, -0.1) is 5.10 Å². The summed E-state index contributed by atoms with van der Waals surface area (Å²) >= 11 is 0. The molecule has 0 spiro atoms. The van der Waals surface area contributed by atoms with Crippen LogP contribution in [0, 0.1) is 0 Å². The zero-order valence-electron chi connectivity index (χ0n) is 12.3. The molecule has 0 aliphatic rings.